The van der Waals surface area contributed by atoms with Crippen LogP contribution >= 0.6 is 15.9 Å². The van der Waals surface area contributed by atoms with Crippen molar-refractivity contribution in [2.24, 2.45) is 5.92 Å². The summed E-state index contributed by atoms with van der Waals surface area (Å²) in [7, 11) is -3.27. The second kappa shape index (κ2) is 10.5. The molecule has 0 aliphatic heterocycles. The van der Waals surface area contributed by atoms with Gasteiger partial charge >= 0.3 is 0 Å². The molecule has 0 bridgehead atoms. The van der Waals surface area contributed by atoms with Crippen molar-refractivity contribution in [2.75, 3.05) is 24.2 Å². The molecule has 0 aromatic carbocycles. The van der Waals surface area contributed by atoms with Crippen LogP contribution in [0.4, 0.5) is 5.95 Å². The summed E-state index contributed by atoms with van der Waals surface area (Å²) < 4.78 is 32.9. The van der Waals surface area contributed by atoms with E-state index < -0.39 is 14.6 Å². The molecule has 1 aliphatic rings. The minimum Gasteiger partial charge on any atom is -0.360 e. The van der Waals surface area contributed by atoms with Crippen molar-refractivity contribution in [3.63, 3.8) is 0 Å². The van der Waals surface area contributed by atoms with E-state index in [9.17, 15) is 8.42 Å². The Morgan fingerprint density at radius 3 is 2.76 bits per heavy atom. The minimum absolute atomic E-state index is 0.0313. The highest BCUT2D eigenvalue weighted by molar-refractivity contribution is 9.10. The van der Waals surface area contributed by atoms with Gasteiger partial charge in [-0.2, -0.15) is 5.26 Å². The Balaban J connectivity index is 1.79. The largest absolute Gasteiger partial charge is 0.360 e. The number of sulfone groups is 1. The number of rotatable bonds is 12. The van der Waals surface area contributed by atoms with E-state index in [1.807, 2.05) is 18.4 Å². The maximum atomic E-state index is 12.6. The summed E-state index contributed by atoms with van der Waals surface area (Å²) in [5, 5.41) is 12.1. The van der Waals surface area contributed by atoms with E-state index in [1.54, 1.807) is 26.1 Å². The Kier molecular flexibility index (Phi) is 8.13. The number of nitriles is 1. The van der Waals surface area contributed by atoms with Gasteiger partial charge in [0.05, 0.1) is 34.8 Å². The quantitative estimate of drug-likeness (QED) is 0.400. The van der Waals surface area contributed by atoms with E-state index in [-0.39, 0.29) is 25.0 Å². The Morgan fingerprint density at radius 1 is 1.39 bits per heavy atom. The number of nitrogens with zero attached hydrogens (tertiary/aromatic N) is 5. The molecule has 1 saturated carbocycles. The van der Waals surface area contributed by atoms with Crippen LogP contribution in [0.15, 0.2) is 16.9 Å². The molecular formula is C22H31BrN6O3S. The Morgan fingerprint density at radius 2 is 2.12 bits per heavy atom. The van der Waals surface area contributed by atoms with Gasteiger partial charge in [0, 0.05) is 18.7 Å². The summed E-state index contributed by atoms with van der Waals surface area (Å²) in [5.41, 5.74) is 1.42. The van der Waals surface area contributed by atoms with E-state index in [2.05, 4.69) is 37.3 Å². The number of nitrogens with one attached hydrogen (secondary N) is 1. The van der Waals surface area contributed by atoms with Gasteiger partial charge in [0.25, 0.3) is 0 Å². The highest BCUT2D eigenvalue weighted by Crippen LogP contribution is 2.42. The zero-order chi connectivity index (χ0) is 24.2. The van der Waals surface area contributed by atoms with Crippen LogP contribution in [-0.4, -0.2) is 51.6 Å². The summed E-state index contributed by atoms with van der Waals surface area (Å²) in [5.74, 6) is 1.49. The number of ether oxygens (including phenoxy) is 1. The molecule has 9 nitrogen and oxygen atoms in total. The lowest BCUT2D eigenvalue weighted by Crippen LogP contribution is -2.34. The molecule has 2 heterocycles. The van der Waals surface area contributed by atoms with Gasteiger partial charge in [-0.15, -0.1) is 0 Å². The molecule has 1 unspecified atom stereocenters. The fourth-order valence-electron chi connectivity index (χ4n) is 3.15. The average molecular weight is 540 g/mol. The van der Waals surface area contributed by atoms with Crippen LogP contribution in [0.25, 0.3) is 11.4 Å². The van der Waals surface area contributed by atoms with Crippen molar-refractivity contribution in [1.82, 2.24) is 19.5 Å². The topological polar surface area (TPSA) is 123 Å². The molecular weight excluding hydrogens is 508 g/mol. The first-order chi connectivity index (χ1) is 15.6. The third kappa shape index (κ3) is 6.11. The molecule has 2 aromatic heterocycles. The van der Waals surface area contributed by atoms with Crippen LogP contribution < -0.4 is 5.32 Å². The third-order valence-corrected chi connectivity index (χ3v) is 9.22. The lowest BCUT2D eigenvalue weighted by atomic mass is 10.1. The number of halogens is 1. The second-order valence-corrected chi connectivity index (χ2v) is 12.5. The lowest BCUT2D eigenvalue weighted by Gasteiger charge is -2.23. The van der Waals surface area contributed by atoms with Crippen molar-refractivity contribution in [2.45, 2.75) is 64.4 Å². The molecule has 0 amide bonds. The Hall–Kier alpha value is -2.03. The van der Waals surface area contributed by atoms with Gasteiger partial charge in [0.1, 0.15) is 22.9 Å². The van der Waals surface area contributed by atoms with Gasteiger partial charge in [-0.3, -0.25) is 0 Å². The SMILES string of the molecule is CCC(C)(C)S(=O)(=O)CCOCn1c(C2CC2)nc(Br)c1-c1ccnc(NCC(C)C#N)n1. The number of imidazole rings is 1. The monoisotopic (exact) mass is 538 g/mol. The molecule has 0 radical (unpaired) electrons. The first kappa shape index (κ1) is 25.6. The Labute approximate surface area is 204 Å². The molecule has 2 aromatic rings. The molecule has 11 heteroatoms. The van der Waals surface area contributed by atoms with Crippen molar-refractivity contribution >= 4 is 31.7 Å². The molecule has 3 rings (SSSR count). The first-order valence-corrected chi connectivity index (χ1v) is 13.6. The van der Waals surface area contributed by atoms with E-state index in [4.69, 9.17) is 15.0 Å². The molecule has 1 aliphatic carbocycles. The van der Waals surface area contributed by atoms with E-state index in [1.165, 1.54) is 0 Å². The van der Waals surface area contributed by atoms with E-state index in [0.29, 0.717) is 35.1 Å². The normalized spacial score (nSPS) is 15.3. The summed E-state index contributed by atoms with van der Waals surface area (Å²) >= 11 is 3.57. The highest BCUT2D eigenvalue weighted by atomic mass is 79.9. The predicted octanol–water partition coefficient (Wildman–Crippen LogP) is 4.13. The van der Waals surface area contributed by atoms with Crippen molar-refractivity contribution in [1.29, 1.82) is 5.26 Å². The number of anilines is 1. The van der Waals surface area contributed by atoms with Crippen LogP contribution in [0.3, 0.4) is 0 Å². The molecule has 1 atom stereocenters. The zero-order valence-corrected chi connectivity index (χ0v) is 21.9. The van der Waals surface area contributed by atoms with Crippen LogP contribution in [0, 0.1) is 17.2 Å². The van der Waals surface area contributed by atoms with Crippen LogP contribution in [0.2, 0.25) is 0 Å². The van der Waals surface area contributed by atoms with Crippen LogP contribution in [-0.2, 0) is 21.3 Å². The summed E-state index contributed by atoms with van der Waals surface area (Å²) in [6, 6.07) is 3.97. The number of hydrogen-bond acceptors (Lipinski definition) is 8. The van der Waals surface area contributed by atoms with Gasteiger partial charge in [-0.25, -0.2) is 23.4 Å². The summed E-state index contributed by atoms with van der Waals surface area (Å²) in [4.78, 5) is 13.5. The summed E-state index contributed by atoms with van der Waals surface area (Å²) in [6.07, 6.45) is 4.33. The third-order valence-electron chi connectivity index (χ3n) is 5.99. The fourth-order valence-corrected chi connectivity index (χ4v) is 5.08. The standard InChI is InChI=1S/C22H31BrN6O3S/c1-5-22(3,4)33(30,31)11-10-32-14-29-18(19(23)28-20(29)16-6-7-16)17-8-9-25-21(27-17)26-13-15(2)12-24/h8-9,15-16H,5-7,10-11,13-14H2,1-4H3,(H,25,26,27). The highest BCUT2D eigenvalue weighted by Gasteiger charge is 2.33. The van der Waals surface area contributed by atoms with Crippen LogP contribution in [0.1, 0.15) is 58.7 Å². The van der Waals surface area contributed by atoms with Crippen molar-refractivity contribution in [3.8, 4) is 17.5 Å². The summed E-state index contributed by atoms with van der Waals surface area (Å²) in [6.45, 7) is 7.92. The molecule has 1 fully saturated rings. The smallest absolute Gasteiger partial charge is 0.223 e. The molecule has 1 N–H and O–H groups in total. The van der Waals surface area contributed by atoms with Gasteiger partial charge in [0.15, 0.2) is 9.84 Å². The van der Waals surface area contributed by atoms with E-state index >= 15 is 0 Å². The van der Waals surface area contributed by atoms with Crippen molar-refractivity contribution < 1.29 is 13.2 Å². The maximum absolute atomic E-state index is 12.6. The molecule has 0 spiro atoms. The molecule has 0 saturated heterocycles. The van der Waals surface area contributed by atoms with Gasteiger partial charge in [-0.1, -0.05) is 6.92 Å². The Bertz CT molecular complexity index is 1120. The first-order valence-electron chi connectivity index (χ1n) is 11.1. The van der Waals surface area contributed by atoms with Crippen molar-refractivity contribution in [3.05, 3.63) is 22.7 Å². The van der Waals surface area contributed by atoms with Crippen LogP contribution in [0.5, 0.6) is 0 Å². The zero-order valence-electron chi connectivity index (χ0n) is 19.5. The van der Waals surface area contributed by atoms with Gasteiger partial charge < -0.3 is 14.6 Å². The van der Waals surface area contributed by atoms with E-state index in [0.717, 1.165) is 24.4 Å². The number of hydrogen-bond donors (Lipinski definition) is 1. The number of aromatic nitrogens is 4. The maximum Gasteiger partial charge on any atom is 0.223 e. The van der Waals surface area contributed by atoms with Gasteiger partial charge in [-0.05, 0) is 62.0 Å². The second-order valence-electron chi connectivity index (χ2n) is 8.96. The lowest BCUT2D eigenvalue weighted by molar-refractivity contribution is 0.0878. The molecule has 33 heavy (non-hydrogen) atoms. The van der Waals surface area contributed by atoms with Gasteiger partial charge in [0.2, 0.25) is 5.95 Å². The predicted molar refractivity (Wildman–Crippen MR) is 130 cm³/mol. The fraction of sp³-hybridized carbons (Fsp3) is 0.636. The minimum atomic E-state index is -3.27. The average Bonchev–Trinajstić information content (AvgIpc) is 3.58. The molecule has 180 valence electrons.